The first kappa shape index (κ1) is 19.0. The van der Waals surface area contributed by atoms with Crippen molar-refractivity contribution in [2.75, 3.05) is 19.5 Å². The van der Waals surface area contributed by atoms with E-state index in [4.69, 9.17) is 32.7 Å². The fraction of sp³-hybridized carbons (Fsp3) is 0.167. The Kier molecular flexibility index (Phi) is 5.53. The number of rotatable bonds is 5. The zero-order valence-electron chi connectivity index (χ0n) is 14.5. The Balaban J connectivity index is 1.87. The molecule has 3 aromatic rings. The maximum atomic E-state index is 12.6. The second kappa shape index (κ2) is 7.85. The Bertz CT molecular complexity index is 1080. The number of amides is 1. The van der Waals surface area contributed by atoms with Gasteiger partial charge < -0.3 is 14.8 Å². The summed E-state index contributed by atoms with van der Waals surface area (Å²) in [4.78, 5) is 29.2. The molecule has 0 saturated heterocycles. The predicted octanol–water partition coefficient (Wildman–Crippen LogP) is 3.36. The lowest BCUT2D eigenvalue weighted by molar-refractivity contribution is -0.116. The molecule has 1 aromatic heterocycles. The summed E-state index contributed by atoms with van der Waals surface area (Å²) in [6.45, 7) is -0.235. The van der Waals surface area contributed by atoms with Crippen LogP contribution in [0, 0.1) is 0 Å². The summed E-state index contributed by atoms with van der Waals surface area (Å²) in [6.07, 6.45) is 1.27. The van der Waals surface area contributed by atoms with Gasteiger partial charge in [-0.15, -0.1) is 0 Å². The number of nitrogens with zero attached hydrogens (tertiary/aromatic N) is 2. The predicted molar refractivity (Wildman–Crippen MR) is 104 cm³/mol. The van der Waals surface area contributed by atoms with Gasteiger partial charge in [0.05, 0.1) is 42.2 Å². The van der Waals surface area contributed by atoms with E-state index in [1.165, 1.54) is 37.2 Å². The van der Waals surface area contributed by atoms with Crippen LogP contribution in [0.3, 0.4) is 0 Å². The molecule has 7 nitrogen and oxygen atoms in total. The van der Waals surface area contributed by atoms with Crippen molar-refractivity contribution in [3.8, 4) is 11.5 Å². The van der Waals surface area contributed by atoms with E-state index in [-0.39, 0.29) is 17.0 Å². The molecular weight excluding hydrogens is 393 g/mol. The molecule has 2 aromatic carbocycles. The average molecular weight is 408 g/mol. The average Bonchev–Trinajstić information content (AvgIpc) is 2.64. The van der Waals surface area contributed by atoms with Gasteiger partial charge in [-0.2, -0.15) is 0 Å². The number of fused-ring (bicyclic) bond motifs is 1. The second-order valence-corrected chi connectivity index (χ2v) is 6.42. The SMILES string of the molecule is COc1ccc(NC(=O)Cn2cnc3c(Cl)cc(Cl)cc3c2=O)c(OC)c1. The van der Waals surface area contributed by atoms with Gasteiger partial charge in [0.25, 0.3) is 5.56 Å². The van der Waals surface area contributed by atoms with Gasteiger partial charge in [0.15, 0.2) is 0 Å². The van der Waals surface area contributed by atoms with Crippen LogP contribution in [0.4, 0.5) is 5.69 Å². The molecule has 0 aliphatic rings. The quantitative estimate of drug-likeness (QED) is 0.700. The highest BCUT2D eigenvalue weighted by Gasteiger charge is 2.13. The van der Waals surface area contributed by atoms with Gasteiger partial charge >= 0.3 is 0 Å². The number of hydrogen-bond acceptors (Lipinski definition) is 5. The van der Waals surface area contributed by atoms with E-state index in [1.54, 1.807) is 18.2 Å². The number of methoxy groups -OCH3 is 2. The van der Waals surface area contributed by atoms with Crippen molar-refractivity contribution in [1.29, 1.82) is 0 Å². The summed E-state index contributed by atoms with van der Waals surface area (Å²) >= 11 is 12.0. The van der Waals surface area contributed by atoms with Crippen LogP contribution in [0.15, 0.2) is 41.5 Å². The van der Waals surface area contributed by atoms with Crippen molar-refractivity contribution in [2.24, 2.45) is 0 Å². The van der Waals surface area contributed by atoms with Crippen LogP contribution in [-0.2, 0) is 11.3 Å². The second-order valence-electron chi connectivity index (χ2n) is 5.58. The molecule has 140 valence electrons. The zero-order valence-corrected chi connectivity index (χ0v) is 16.0. The summed E-state index contributed by atoms with van der Waals surface area (Å²) in [7, 11) is 3.01. The van der Waals surface area contributed by atoms with Crippen LogP contribution in [0.2, 0.25) is 10.0 Å². The highest BCUT2D eigenvalue weighted by Crippen LogP contribution is 2.29. The van der Waals surface area contributed by atoms with Gasteiger partial charge in [-0.25, -0.2) is 4.98 Å². The highest BCUT2D eigenvalue weighted by atomic mass is 35.5. The van der Waals surface area contributed by atoms with Crippen LogP contribution >= 0.6 is 23.2 Å². The Hall–Kier alpha value is -2.77. The maximum absolute atomic E-state index is 12.6. The molecule has 0 aliphatic heterocycles. The maximum Gasteiger partial charge on any atom is 0.261 e. The van der Waals surface area contributed by atoms with Gasteiger partial charge in [0, 0.05) is 11.1 Å². The van der Waals surface area contributed by atoms with Crippen molar-refractivity contribution in [3.63, 3.8) is 0 Å². The third-order valence-electron chi connectivity index (χ3n) is 3.84. The van der Waals surface area contributed by atoms with Crippen LogP contribution in [-0.4, -0.2) is 29.7 Å². The van der Waals surface area contributed by atoms with Gasteiger partial charge in [0.1, 0.15) is 18.0 Å². The molecule has 0 saturated carbocycles. The number of aromatic nitrogens is 2. The fourth-order valence-electron chi connectivity index (χ4n) is 2.55. The van der Waals surface area contributed by atoms with Gasteiger partial charge in [-0.3, -0.25) is 14.2 Å². The van der Waals surface area contributed by atoms with Crippen LogP contribution in [0.5, 0.6) is 11.5 Å². The molecule has 0 aliphatic carbocycles. The molecule has 0 bridgehead atoms. The van der Waals surface area contributed by atoms with E-state index in [2.05, 4.69) is 10.3 Å². The minimum atomic E-state index is -0.421. The van der Waals surface area contributed by atoms with Crippen LogP contribution < -0.4 is 20.3 Å². The van der Waals surface area contributed by atoms with Crippen molar-refractivity contribution in [2.45, 2.75) is 6.54 Å². The van der Waals surface area contributed by atoms with Crippen molar-refractivity contribution in [1.82, 2.24) is 9.55 Å². The number of carbonyl (C=O) groups excluding carboxylic acids is 1. The molecule has 0 spiro atoms. The minimum absolute atomic E-state index is 0.235. The van der Waals surface area contributed by atoms with Gasteiger partial charge in [0.2, 0.25) is 5.91 Å². The van der Waals surface area contributed by atoms with Crippen molar-refractivity contribution >= 4 is 45.7 Å². The third kappa shape index (κ3) is 3.99. The Morgan fingerprint density at radius 1 is 1.19 bits per heavy atom. The lowest BCUT2D eigenvalue weighted by atomic mass is 10.2. The number of nitrogens with one attached hydrogen (secondary N) is 1. The lowest BCUT2D eigenvalue weighted by Gasteiger charge is -2.12. The molecule has 27 heavy (non-hydrogen) atoms. The first-order chi connectivity index (χ1) is 12.9. The molecule has 1 N–H and O–H groups in total. The Morgan fingerprint density at radius 3 is 2.67 bits per heavy atom. The fourth-order valence-corrected chi connectivity index (χ4v) is 3.10. The summed E-state index contributed by atoms with van der Waals surface area (Å²) in [5.41, 5.74) is 0.372. The topological polar surface area (TPSA) is 82.5 Å². The molecule has 0 radical (unpaired) electrons. The Labute approximate surface area is 164 Å². The van der Waals surface area contributed by atoms with E-state index in [0.29, 0.717) is 27.7 Å². The summed E-state index contributed by atoms with van der Waals surface area (Å²) in [5.74, 6) is 0.605. The summed E-state index contributed by atoms with van der Waals surface area (Å²) < 4.78 is 11.5. The number of ether oxygens (including phenoxy) is 2. The molecule has 9 heteroatoms. The van der Waals surface area contributed by atoms with E-state index in [9.17, 15) is 9.59 Å². The monoisotopic (exact) mass is 407 g/mol. The largest absolute Gasteiger partial charge is 0.497 e. The number of halogens is 2. The highest BCUT2D eigenvalue weighted by molar-refractivity contribution is 6.38. The normalized spacial score (nSPS) is 10.7. The molecular formula is C18H15Cl2N3O4. The zero-order chi connectivity index (χ0) is 19.6. The van der Waals surface area contributed by atoms with E-state index in [0.717, 1.165) is 0 Å². The van der Waals surface area contributed by atoms with Gasteiger partial charge in [-0.1, -0.05) is 23.2 Å². The molecule has 1 heterocycles. The molecule has 3 rings (SSSR count). The first-order valence-corrected chi connectivity index (χ1v) is 8.54. The minimum Gasteiger partial charge on any atom is -0.497 e. The smallest absolute Gasteiger partial charge is 0.261 e. The molecule has 0 atom stereocenters. The summed E-state index contributed by atoms with van der Waals surface area (Å²) in [5, 5.41) is 3.53. The third-order valence-corrected chi connectivity index (χ3v) is 4.35. The number of benzene rings is 2. The summed E-state index contributed by atoms with van der Waals surface area (Å²) in [6, 6.07) is 7.95. The number of hydrogen-bond donors (Lipinski definition) is 1. The Morgan fingerprint density at radius 2 is 1.96 bits per heavy atom. The number of carbonyl (C=O) groups is 1. The van der Waals surface area contributed by atoms with Gasteiger partial charge in [-0.05, 0) is 24.3 Å². The van der Waals surface area contributed by atoms with Crippen LogP contribution in [0.1, 0.15) is 0 Å². The molecule has 1 amide bonds. The van der Waals surface area contributed by atoms with E-state index < -0.39 is 11.5 Å². The molecule has 0 fully saturated rings. The lowest BCUT2D eigenvalue weighted by Crippen LogP contribution is -2.28. The van der Waals surface area contributed by atoms with E-state index in [1.807, 2.05) is 0 Å². The number of anilines is 1. The van der Waals surface area contributed by atoms with Crippen LogP contribution in [0.25, 0.3) is 10.9 Å². The first-order valence-electron chi connectivity index (χ1n) is 7.79. The standard InChI is InChI=1S/C18H15Cl2N3O4/c1-26-11-3-4-14(15(7-11)27-2)22-16(24)8-23-9-21-17-12(18(23)25)5-10(19)6-13(17)20/h3-7,9H,8H2,1-2H3,(H,22,24). The molecule has 0 unspecified atom stereocenters. The van der Waals surface area contributed by atoms with Crippen molar-refractivity contribution < 1.29 is 14.3 Å². The van der Waals surface area contributed by atoms with E-state index >= 15 is 0 Å². The van der Waals surface area contributed by atoms with Crippen molar-refractivity contribution in [3.05, 3.63) is 57.1 Å².